The molecule has 21 heavy (non-hydrogen) atoms. The van der Waals surface area contributed by atoms with Gasteiger partial charge in [0, 0.05) is 34.0 Å². The number of aryl methyl sites for hydroxylation is 1. The number of sulfone groups is 1. The molecule has 2 N–H and O–H groups in total. The van der Waals surface area contributed by atoms with Crippen LogP contribution in [-0.2, 0) is 9.84 Å². The Morgan fingerprint density at radius 2 is 1.86 bits per heavy atom. The second-order valence-corrected chi connectivity index (χ2v) is 7.63. The Morgan fingerprint density at radius 3 is 2.38 bits per heavy atom. The highest BCUT2D eigenvalue weighted by atomic mass is 32.2. The van der Waals surface area contributed by atoms with Crippen LogP contribution in [0, 0.1) is 6.92 Å². The van der Waals surface area contributed by atoms with Crippen LogP contribution in [-0.4, -0.2) is 25.6 Å². The zero-order valence-electron chi connectivity index (χ0n) is 11.5. The summed E-state index contributed by atoms with van der Waals surface area (Å²) in [6, 6.07) is 6.58. The Labute approximate surface area is 127 Å². The lowest BCUT2D eigenvalue weighted by molar-refractivity contribution is 0.0999. The summed E-state index contributed by atoms with van der Waals surface area (Å²) >= 11 is 1.30. The maximum atomic E-state index is 12.0. The highest BCUT2D eigenvalue weighted by molar-refractivity contribution is 8.00. The van der Waals surface area contributed by atoms with Gasteiger partial charge in [-0.25, -0.2) is 8.42 Å². The molecule has 2 aromatic rings. The lowest BCUT2D eigenvalue weighted by Crippen LogP contribution is -2.14. The topological polar surface area (TPSA) is 90.1 Å². The highest BCUT2D eigenvalue weighted by Gasteiger charge is 2.19. The Bertz CT molecular complexity index is 787. The van der Waals surface area contributed by atoms with Crippen molar-refractivity contribution in [3.05, 3.63) is 47.8 Å². The summed E-state index contributed by atoms with van der Waals surface area (Å²) in [5.41, 5.74) is 6.14. The molecule has 1 amide bonds. The second kappa shape index (κ2) is 5.87. The van der Waals surface area contributed by atoms with E-state index in [0.717, 1.165) is 11.2 Å². The summed E-state index contributed by atoms with van der Waals surface area (Å²) in [6.07, 6.45) is 4.37. The first-order chi connectivity index (χ1) is 9.79. The molecular weight excluding hydrogens is 308 g/mol. The molecule has 0 atom stereocenters. The zero-order chi connectivity index (χ0) is 15.6. The van der Waals surface area contributed by atoms with Crippen molar-refractivity contribution in [1.29, 1.82) is 0 Å². The normalized spacial score (nSPS) is 11.3. The van der Waals surface area contributed by atoms with Crippen LogP contribution in [0.2, 0.25) is 0 Å². The predicted octanol–water partition coefficient (Wildman–Crippen LogP) is 2.04. The van der Waals surface area contributed by atoms with Crippen molar-refractivity contribution >= 4 is 27.5 Å². The van der Waals surface area contributed by atoms with Gasteiger partial charge in [0.05, 0.1) is 4.90 Å². The van der Waals surface area contributed by atoms with E-state index in [2.05, 4.69) is 4.98 Å². The predicted molar refractivity (Wildman–Crippen MR) is 81.2 cm³/mol. The molecule has 5 nitrogen and oxygen atoms in total. The van der Waals surface area contributed by atoms with Crippen LogP contribution in [0.5, 0.6) is 0 Å². The van der Waals surface area contributed by atoms with Gasteiger partial charge in [0.1, 0.15) is 0 Å². The molecule has 0 radical (unpaired) electrons. The van der Waals surface area contributed by atoms with E-state index >= 15 is 0 Å². The monoisotopic (exact) mass is 322 g/mol. The number of amides is 1. The minimum absolute atomic E-state index is 0.101. The van der Waals surface area contributed by atoms with E-state index in [-0.39, 0.29) is 10.5 Å². The van der Waals surface area contributed by atoms with Gasteiger partial charge in [-0.1, -0.05) is 11.8 Å². The van der Waals surface area contributed by atoms with E-state index in [4.69, 9.17) is 5.73 Å². The Morgan fingerprint density at radius 1 is 1.24 bits per heavy atom. The first-order valence-corrected chi connectivity index (χ1v) is 8.72. The van der Waals surface area contributed by atoms with E-state index in [1.54, 1.807) is 37.5 Å². The van der Waals surface area contributed by atoms with E-state index in [0.29, 0.717) is 10.5 Å². The molecule has 7 heteroatoms. The van der Waals surface area contributed by atoms with Gasteiger partial charge < -0.3 is 5.73 Å². The summed E-state index contributed by atoms with van der Waals surface area (Å²) in [5, 5.41) is 0. The number of carbonyl (C=O) groups is 1. The van der Waals surface area contributed by atoms with Crippen LogP contribution in [0.1, 0.15) is 15.9 Å². The van der Waals surface area contributed by atoms with Crippen LogP contribution < -0.4 is 5.73 Å². The van der Waals surface area contributed by atoms with Gasteiger partial charge in [0.15, 0.2) is 9.84 Å². The summed E-state index contributed by atoms with van der Waals surface area (Å²) in [6.45, 7) is 1.72. The van der Waals surface area contributed by atoms with E-state index < -0.39 is 15.7 Å². The maximum Gasteiger partial charge on any atom is 0.249 e. The summed E-state index contributed by atoms with van der Waals surface area (Å²) in [5.74, 6) is -0.641. The summed E-state index contributed by atoms with van der Waals surface area (Å²) in [4.78, 5) is 16.8. The third-order valence-electron chi connectivity index (χ3n) is 2.83. The van der Waals surface area contributed by atoms with Gasteiger partial charge in [0.2, 0.25) is 5.91 Å². The van der Waals surface area contributed by atoms with Gasteiger partial charge in [-0.15, -0.1) is 0 Å². The van der Waals surface area contributed by atoms with Crippen molar-refractivity contribution < 1.29 is 13.2 Å². The minimum Gasteiger partial charge on any atom is -0.366 e. The van der Waals surface area contributed by atoms with Crippen molar-refractivity contribution in [2.24, 2.45) is 5.73 Å². The average Bonchev–Trinajstić information content (AvgIpc) is 2.38. The molecule has 0 saturated carbocycles. The van der Waals surface area contributed by atoms with Crippen LogP contribution >= 0.6 is 11.8 Å². The average molecular weight is 322 g/mol. The molecule has 2 rings (SSSR count). The lowest BCUT2D eigenvalue weighted by atomic mass is 10.1. The molecule has 110 valence electrons. The zero-order valence-corrected chi connectivity index (χ0v) is 13.2. The number of pyridine rings is 1. The van der Waals surface area contributed by atoms with E-state index in [1.165, 1.54) is 17.8 Å². The lowest BCUT2D eigenvalue weighted by Gasteiger charge is -2.11. The van der Waals surface area contributed by atoms with Gasteiger partial charge in [-0.3, -0.25) is 9.78 Å². The van der Waals surface area contributed by atoms with Gasteiger partial charge in [-0.05, 0) is 36.8 Å². The number of nitrogens with two attached hydrogens (primary N) is 1. The number of benzene rings is 1. The van der Waals surface area contributed by atoms with Crippen LogP contribution in [0.25, 0.3) is 0 Å². The molecule has 0 saturated heterocycles. The SMILES string of the molecule is Cc1cc(Sc2ccncc2)c(S(C)(=O)=O)cc1C(N)=O. The molecule has 0 bridgehead atoms. The molecule has 0 aliphatic heterocycles. The number of rotatable bonds is 4. The third kappa shape index (κ3) is 3.62. The van der Waals surface area contributed by atoms with Crippen molar-refractivity contribution in [3.8, 4) is 0 Å². The molecular formula is C14H14N2O3S2. The van der Waals surface area contributed by atoms with Crippen LogP contribution in [0.15, 0.2) is 51.3 Å². The maximum absolute atomic E-state index is 12.0. The molecule has 1 aromatic heterocycles. The minimum atomic E-state index is -3.47. The van der Waals surface area contributed by atoms with Gasteiger partial charge in [-0.2, -0.15) is 0 Å². The van der Waals surface area contributed by atoms with Crippen molar-refractivity contribution in [2.75, 3.05) is 6.26 Å². The summed E-state index contributed by atoms with van der Waals surface area (Å²) < 4.78 is 23.9. The Balaban J connectivity index is 2.59. The standard InChI is InChI=1S/C14H14N2O3S2/c1-9-7-12(20-10-3-5-16-6-4-10)13(21(2,18)19)8-11(9)14(15)17/h3-8H,1-2H3,(H2,15,17). The second-order valence-electron chi connectivity index (χ2n) is 4.54. The molecule has 1 heterocycles. The largest absolute Gasteiger partial charge is 0.366 e. The fourth-order valence-electron chi connectivity index (χ4n) is 1.83. The Hall–Kier alpha value is -1.86. The smallest absolute Gasteiger partial charge is 0.249 e. The first-order valence-electron chi connectivity index (χ1n) is 6.01. The molecule has 0 fully saturated rings. The van der Waals surface area contributed by atoms with Crippen LogP contribution in [0.3, 0.4) is 0 Å². The van der Waals surface area contributed by atoms with Gasteiger partial charge in [0.25, 0.3) is 0 Å². The van der Waals surface area contributed by atoms with E-state index in [9.17, 15) is 13.2 Å². The molecule has 0 aliphatic rings. The number of nitrogens with zero attached hydrogens (tertiary/aromatic N) is 1. The molecule has 1 aromatic carbocycles. The number of primary amides is 1. The van der Waals surface area contributed by atoms with E-state index in [1.807, 2.05) is 0 Å². The summed E-state index contributed by atoms with van der Waals surface area (Å²) in [7, 11) is -3.47. The number of carbonyl (C=O) groups excluding carboxylic acids is 1. The van der Waals surface area contributed by atoms with Crippen molar-refractivity contribution in [1.82, 2.24) is 4.98 Å². The third-order valence-corrected chi connectivity index (χ3v) is 5.16. The molecule has 0 aliphatic carbocycles. The Kier molecular flexibility index (Phi) is 4.34. The van der Waals surface area contributed by atoms with Crippen molar-refractivity contribution in [3.63, 3.8) is 0 Å². The van der Waals surface area contributed by atoms with Crippen LogP contribution in [0.4, 0.5) is 0 Å². The quantitative estimate of drug-likeness (QED) is 0.930. The fraction of sp³-hybridized carbons (Fsp3) is 0.143. The highest BCUT2D eigenvalue weighted by Crippen LogP contribution is 2.34. The number of aromatic nitrogens is 1. The van der Waals surface area contributed by atoms with Crippen molar-refractivity contribution in [2.45, 2.75) is 21.6 Å². The number of hydrogen-bond acceptors (Lipinski definition) is 5. The first kappa shape index (κ1) is 15.5. The van der Waals surface area contributed by atoms with Gasteiger partial charge >= 0.3 is 0 Å². The molecule has 0 spiro atoms. The molecule has 0 unspecified atom stereocenters. The number of hydrogen-bond donors (Lipinski definition) is 1. The fourth-order valence-corrected chi connectivity index (χ4v) is 4.07.